The van der Waals surface area contributed by atoms with Crippen molar-refractivity contribution in [1.29, 1.82) is 0 Å². The first-order chi connectivity index (χ1) is 18.8. The van der Waals surface area contributed by atoms with Crippen molar-refractivity contribution >= 4 is 17.4 Å². The topological polar surface area (TPSA) is 92.6 Å². The number of ketones is 1. The van der Waals surface area contributed by atoms with Crippen molar-refractivity contribution < 1.29 is 33.8 Å². The van der Waals surface area contributed by atoms with Crippen LogP contribution in [0.4, 0.5) is 0 Å². The molecule has 0 radical (unpaired) electrons. The highest BCUT2D eigenvalue weighted by molar-refractivity contribution is 6.46. The molecule has 210 valence electrons. The second-order valence-electron chi connectivity index (χ2n) is 10.5. The summed E-state index contributed by atoms with van der Waals surface area (Å²) >= 11 is 0. The predicted octanol–water partition coefficient (Wildman–Crippen LogP) is 2.42. The number of likely N-dealkylation sites (tertiary alicyclic amines) is 1. The minimum atomic E-state index is -0.786. The summed E-state index contributed by atoms with van der Waals surface area (Å²) in [6.07, 6.45) is 1.63. The van der Waals surface area contributed by atoms with Gasteiger partial charge in [-0.1, -0.05) is 37.8 Å². The van der Waals surface area contributed by atoms with Gasteiger partial charge in [0.15, 0.2) is 11.5 Å². The number of Topliss-reactive ketones (excluding diaryl/α,β-unsaturated/α-hetero) is 1. The molecule has 1 saturated heterocycles. The van der Waals surface area contributed by atoms with Gasteiger partial charge in [-0.2, -0.15) is 0 Å². The van der Waals surface area contributed by atoms with Gasteiger partial charge in [-0.05, 0) is 61.6 Å². The molecule has 2 aliphatic rings. The smallest absolute Gasteiger partial charge is 0.295 e. The van der Waals surface area contributed by atoms with Crippen molar-refractivity contribution in [2.24, 2.45) is 5.92 Å². The van der Waals surface area contributed by atoms with Crippen molar-refractivity contribution in [3.05, 3.63) is 59.2 Å². The van der Waals surface area contributed by atoms with E-state index in [1.165, 1.54) is 4.90 Å². The number of fused-ring (bicyclic) bond motifs is 1. The lowest BCUT2D eigenvalue weighted by molar-refractivity contribution is -0.896. The number of hydrogen-bond acceptors (Lipinski definition) is 6. The number of benzene rings is 2. The highest BCUT2D eigenvalue weighted by Gasteiger charge is 2.44. The number of carbonyl (C=O) groups excluding carboxylic acids is 2. The molecule has 1 unspecified atom stereocenters. The first-order valence-electron chi connectivity index (χ1n) is 14.1. The number of ether oxygens (including phenoxy) is 3. The van der Waals surface area contributed by atoms with Crippen LogP contribution in [0.25, 0.3) is 5.76 Å². The average molecular weight is 537 g/mol. The van der Waals surface area contributed by atoms with Crippen LogP contribution in [0.1, 0.15) is 57.7 Å². The van der Waals surface area contributed by atoms with E-state index in [0.29, 0.717) is 60.7 Å². The Kier molecular flexibility index (Phi) is 9.51. The molecule has 8 nitrogen and oxygen atoms in total. The standard InChI is InChI=1S/C31H40N2O6/c1-5-32(6-2)14-8-15-33-28(22-9-7-10-24(19-22)37-16-13-21(3)4)27(30(35)31(33)36)29(34)23-11-12-25-26(20-23)39-18-17-38-25/h7,9-12,19-21,28,34H,5-6,8,13-18H2,1-4H3/b29-27+. The largest absolute Gasteiger partial charge is 0.872 e. The van der Waals surface area contributed by atoms with Gasteiger partial charge in [0.25, 0.3) is 5.91 Å². The molecule has 0 aliphatic carbocycles. The molecule has 1 fully saturated rings. The molecule has 2 aromatic carbocycles. The molecule has 1 N–H and O–H groups in total. The molecule has 0 bridgehead atoms. The first-order valence-corrected chi connectivity index (χ1v) is 14.1. The minimum absolute atomic E-state index is 0.0359. The summed E-state index contributed by atoms with van der Waals surface area (Å²) < 4.78 is 17.2. The first kappa shape index (κ1) is 28.5. The van der Waals surface area contributed by atoms with E-state index in [2.05, 4.69) is 27.7 Å². The van der Waals surface area contributed by atoms with E-state index in [9.17, 15) is 14.7 Å². The Balaban J connectivity index is 1.71. The quantitative estimate of drug-likeness (QED) is 0.255. The number of quaternary nitrogens is 1. The molecule has 8 heteroatoms. The van der Waals surface area contributed by atoms with Gasteiger partial charge in [0.05, 0.1) is 32.3 Å². The van der Waals surface area contributed by atoms with Crippen LogP contribution in [0.2, 0.25) is 0 Å². The predicted molar refractivity (Wildman–Crippen MR) is 147 cm³/mol. The highest BCUT2D eigenvalue weighted by atomic mass is 16.6. The van der Waals surface area contributed by atoms with E-state index in [4.69, 9.17) is 14.2 Å². The van der Waals surface area contributed by atoms with Gasteiger partial charge in [0.2, 0.25) is 5.78 Å². The van der Waals surface area contributed by atoms with Crippen LogP contribution < -0.4 is 24.2 Å². The lowest BCUT2D eigenvalue weighted by Gasteiger charge is -2.28. The molecular weight excluding hydrogens is 496 g/mol. The van der Waals surface area contributed by atoms with Gasteiger partial charge < -0.3 is 29.1 Å². The van der Waals surface area contributed by atoms with Crippen LogP contribution in [0.3, 0.4) is 0 Å². The van der Waals surface area contributed by atoms with E-state index >= 15 is 0 Å². The van der Waals surface area contributed by atoms with Crippen molar-refractivity contribution in [3.63, 3.8) is 0 Å². The van der Waals surface area contributed by atoms with E-state index in [1.54, 1.807) is 23.1 Å². The van der Waals surface area contributed by atoms with Crippen molar-refractivity contribution in [1.82, 2.24) is 4.90 Å². The molecule has 4 rings (SSSR count). The maximum absolute atomic E-state index is 13.9. The van der Waals surface area contributed by atoms with Gasteiger partial charge in [0, 0.05) is 18.5 Å². The second kappa shape index (κ2) is 13.0. The number of nitrogens with zero attached hydrogens (tertiary/aromatic N) is 1. The fourth-order valence-electron chi connectivity index (χ4n) is 5.08. The van der Waals surface area contributed by atoms with E-state index in [-0.39, 0.29) is 5.57 Å². The second-order valence-corrected chi connectivity index (χ2v) is 10.5. The summed E-state index contributed by atoms with van der Waals surface area (Å²) in [4.78, 5) is 29.7. The van der Waals surface area contributed by atoms with Crippen LogP contribution >= 0.6 is 0 Å². The van der Waals surface area contributed by atoms with Crippen LogP contribution in [0, 0.1) is 5.92 Å². The van der Waals surface area contributed by atoms with Crippen LogP contribution in [0.15, 0.2) is 48.0 Å². The van der Waals surface area contributed by atoms with Crippen molar-refractivity contribution in [2.45, 2.75) is 46.6 Å². The zero-order valence-corrected chi connectivity index (χ0v) is 23.5. The van der Waals surface area contributed by atoms with Gasteiger partial charge in [-0.25, -0.2) is 0 Å². The number of rotatable bonds is 12. The average Bonchev–Trinajstić information content (AvgIpc) is 3.19. The normalized spacial score (nSPS) is 18.3. The summed E-state index contributed by atoms with van der Waals surface area (Å²) in [7, 11) is 0. The summed E-state index contributed by atoms with van der Waals surface area (Å²) in [5, 5.41) is 13.9. The Morgan fingerprint density at radius 3 is 2.54 bits per heavy atom. The molecule has 0 spiro atoms. The van der Waals surface area contributed by atoms with Gasteiger partial charge in [-0.15, -0.1) is 0 Å². The Bertz CT molecular complexity index is 1200. The van der Waals surface area contributed by atoms with Crippen LogP contribution in [0.5, 0.6) is 17.2 Å². The third-order valence-corrected chi connectivity index (χ3v) is 7.40. The fourth-order valence-corrected chi connectivity index (χ4v) is 5.08. The van der Waals surface area contributed by atoms with E-state index in [0.717, 1.165) is 32.5 Å². The molecule has 0 aromatic heterocycles. The Morgan fingerprint density at radius 2 is 1.82 bits per heavy atom. The molecular formula is C31H40N2O6. The Labute approximate surface area is 231 Å². The summed E-state index contributed by atoms with van der Waals surface area (Å²) in [5.41, 5.74) is 0.942. The number of nitrogens with one attached hydrogen (secondary N) is 1. The summed E-state index contributed by atoms with van der Waals surface area (Å²) in [6, 6.07) is 11.5. The molecule has 0 saturated carbocycles. The molecule has 1 atom stereocenters. The van der Waals surface area contributed by atoms with Crippen LogP contribution in [-0.2, 0) is 9.59 Å². The number of amides is 1. The maximum atomic E-state index is 13.9. The lowest BCUT2D eigenvalue weighted by atomic mass is 9.95. The third-order valence-electron chi connectivity index (χ3n) is 7.40. The van der Waals surface area contributed by atoms with Crippen molar-refractivity contribution in [3.8, 4) is 17.2 Å². The summed E-state index contributed by atoms with van der Waals surface area (Å²) in [5.74, 6) is 0.311. The number of hydrogen-bond donors (Lipinski definition) is 1. The van der Waals surface area contributed by atoms with E-state index < -0.39 is 23.5 Å². The number of carbonyl (C=O) groups is 2. The Hall–Kier alpha value is -3.52. The van der Waals surface area contributed by atoms with E-state index in [1.807, 2.05) is 24.3 Å². The molecule has 2 aromatic rings. The SMILES string of the molecule is CC[NH+](CC)CCCN1C(=O)C(=O)/C(=C(/[O-])c2ccc3c(c2)OCCO3)C1c1cccc(OCCC(C)C)c1. The van der Waals surface area contributed by atoms with Crippen molar-refractivity contribution in [2.75, 3.05) is 46.0 Å². The van der Waals surface area contributed by atoms with Gasteiger partial charge in [0.1, 0.15) is 19.0 Å². The molecule has 2 heterocycles. The molecule has 2 aliphatic heterocycles. The fraction of sp³-hybridized carbons (Fsp3) is 0.484. The third kappa shape index (κ3) is 6.56. The van der Waals surface area contributed by atoms with Gasteiger partial charge >= 0.3 is 0 Å². The lowest BCUT2D eigenvalue weighted by Crippen LogP contribution is -3.11. The molecule has 1 amide bonds. The Morgan fingerprint density at radius 1 is 1.08 bits per heavy atom. The zero-order valence-electron chi connectivity index (χ0n) is 23.5. The van der Waals surface area contributed by atoms with Crippen LogP contribution in [-0.4, -0.2) is 62.6 Å². The van der Waals surface area contributed by atoms with Gasteiger partial charge in [-0.3, -0.25) is 9.59 Å². The highest BCUT2D eigenvalue weighted by Crippen LogP contribution is 2.41. The minimum Gasteiger partial charge on any atom is -0.872 e. The zero-order chi connectivity index (χ0) is 27.9. The summed E-state index contributed by atoms with van der Waals surface area (Å²) in [6.45, 7) is 13.2. The molecule has 39 heavy (non-hydrogen) atoms. The monoisotopic (exact) mass is 536 g/mol. The maximum Gasteiger partial charge on any atom is 0.295 e.